The number of hydrogen-bond donors (Lipinski definition) is 1. The monoisotopic (exact) mass is 349 g/mol. The minimum absolute atomic E-state index is 0.146. The van der Waals surface area contributed by atoms with Gasteiger partial charge in [-0.2, -0.15) is 4.39 Å². The molecule has 0 aliphatic heterocycles. The van der Waals surface area contributed by atoms with E-state index in [1.807, 2.05) is 12.1 Å². The minimum atomic E-state index is -1.14. The predicted molar refractivity (Wildman–Crippen MR) is 91.2 cm³/mol. The lowest BCUT2D eigenvalue weighted by atomic mass is 10.1. The highest BCUT2D eigenvalue weighted by atomic mass is 19.1. The normalized spacial score (nSPS) is 11.2. The van der Waals surface area contributed by atoms with E-state index < -0.39 is 27.0 Å². The molecule has 0 aliphatic rings. The molecular weight excluding hydrogens is 331 g/mol. The van der Waals surface area contributed by atoms with E-state index in [1.165, 1.54) is 0 Å². The molecule has 0 spiro atoms. The first kappa shape index (κ1) is 18.3. The molecule has 0 heterocycles. The lowest BCUT2D eigenvalue weighted by Crippen LogP contribution is -2.33. The van der Waals surface area contributed by atoms with Gasteiger partial charge in [0.15, 0.2) is 0 Å². The van der Waals surface area contributed by atoms with Crippen LogP contribution < -0.4 is 5.32 Å². The van der Waals surface area contributed by atoms with Crippen LogP contribution >= 0.6 is 0 Å². The molecular formula is C16H18FN4O4+. The molecule has 0 amide bonds. The first-order valence-electron chi connectivity index (χ1n) is 7.35. The van der Waals surface area contributed by atoms with Gasteiger partial charge < -0.3 is 9.80 Å². The summed E-state index contributed by atoms with van der Waals surface area (Å²) in [6, 6.07) is 8.53. The Kier molecular flexibility index (Phi) is 4.98. The molecule has 0 saturated heterocycles. The van der Waals surface area contributed by atoms with E-state index in [4.69, 9.17) is 0 Å². The van der Waals surface area contributed by atoms with E-state index in [0.717, 1.165) is 22.7 Å². The second kappa shape index (κ2) is 6.81. The first-order chi connectivity index (χ1) is 11.6. The Labute approximate surface area is 143 Å². The fourth-order valence-corrected chi connectivity index (χ4v) is 2.34. The summed E-state index contributed by atoms with van der Waals surface area (Å²) >= 11 is 0. The molecule has 0 saturated carbocycles. The van der Waals surface area contributed by atoms with Gasteiger partial charge in [-0.15, -0.1) is 0 Å². The Balaban J connectivity index is 2.32. The predicted octanol–water partition coefficient (Wildman–Crippen LogP) is 3.59. The van der Waals surface area contributed by atoms with Gasteiger partial charge in [-0.1, -0.05) is 12.1 Å². The average molecular weight is 349 g/mol. The highest BCUT2D eigenvalue weighted by Crippen LogP contribution is 2.33. The molecule has 2 rings (SSSR count). The number of benzene rings is 2. The molecule has 2 aromatic rings. The summed E-state index contributed by atoms with van der Waals surface area (Å²) in [5, 5.41) is 24.6. The van der Waals surface area contributed by atoms with Crippen molar-refractivity contribution in [2.24, 2.45) is 0 Å². The SMILES string of the molecule is C[N+](C)(C)Cc1ccc(Nc2cc(F)c([N+](=O)[O-])cc2[N+](=O)[O-])cc1. The molecule has 132 valence electrons. The third-order valence-electron chi connectivity index (χ3n) is 3.35. The average Bonchev–Trinajstić information content (AvgIpc) is 2.47. The number of hydrogen-bond acceptors (Lipinski definition) is 5. The van der Waals surface area contributed by atoms with E-state index in [9.17, 15) is 24.6 Å². The van der Waals surface area contributed by atoms with Gasteiger partial charge in [-0.3, -0.25) is 20.2 Å². The minimum Gasteiger partial charge on any atom is -0.350 e. The number of rotatable bonds is 6. The molecule has 0 atom stereocenters. The van der Waals surface area contributed by atoms with E-state index >= 15 is 0 Å². The molecule has 2 aromatic carbocycles. The zero-order valence-electron chi connectivity index (χ0n) is 14.0. The number of nitrogens with one attached hydrogen (secondary N) is 1. The van der Waals surface area contributed by atoms with Gasteiger partial charge in [0, 0.05) is 17.3 Å². The van der Waals surface area contributed by atoms with Crippen LogP contribution in [0, 0.1) is 26.0 Å². The maximum absolute atomic E-state index is 13.8. The van der Waals surface area contributed by atoms with Crippen molar-refractivity contribution in [1.29, 1.82) is 0 Å². The number of quaternary nitrogens is 1. The van der Waals surface area contributed by atoms with Crippen molar-refractivity contribution in [3.63, 3.8) is 0 Å². The van der Waals surface area contributed by atoms with Crippen LogP contribution in [0.25, 0.3) is 0 Å². The molecule has 1 N–H and O–H groups in total. The van der Waals surface area contributed by atoms with Crippen LogP contribution in [0.5, 0.6) is 0 Å². The number of nitro groups is 2. The van der Waals surface area contributed by atoms with Gasteiger partial charge in [0.2, 0.25) is 5.82 Å². The highest BCUT2D eigenvalue weighted by Gasteiger charge is 2.24. The lowest BCUT2D eigenvalue weighted by molar-refractivity contribution is -0.884. The summed E-state index contributed by atoms with van der Waals surface area (Å²) in [5.74, 6) is -1.14. The van der Waals surface area contributed by atoms with Crippen molar-refractivity contribution in [3.8, 4) is 0 Å². The van der Waals surface area contributed by atoms with Gasteiger partial charge in [-0.25, -0.2) is 0 Å². The standard InChI is InChI=1S/C16H18FN4O4/c1-21(2,3)10-11-4-6-12(7-5-11)18-14-8-13(17)15(19(22)23)9-16(14)20(24)25/h4-9,18H,10H2,1-3H3/q+1. The summed E-state index contributed by atoms with van der Waals surface area (Å²) < 4.78 is 14.5. The van der Waals surface area contributed by atoms with E-state index in [2.05, 4.69) is 26.5 Å². The van der Waals surface area contributed by atoms with Crippen molar-refractivity contribution in [3.05, 3.63) is 68.0 Å². The summed E-state index contributed by atoms with van der Waals surface area (Å²) in [5.41, 5.74) is -0.0597. The fraction of sp³-hybridized carbons (Fsp3) is 0.250. The van der Waals surface area contributed by atoms with Crippen molar-refractivity contribution in [2.45, 2.75) is 6.54 Å². The first-order valence-corrected chi connectivity index (χ1v) is 7.35. The molecule has 8 nitrogen and oxygen atoms in total. The number of nitrogens with zero attached hydrogens (tertiary/aromatic N) is 3. The molecule has 0 aromatic heterocycles. The summed E-state index contributed by atoms with van der Waals surface area (Å²) in [4.78, 5) is 20.1. The summed E-state index contributed by atoms with van der Waals surface area (Å²) in [6.45, 7) is 0.798. The van der Waals surface area contributed by atoms with Crippen molar-refractivity contribution >= 4 is 22.7 Å². The van der Waals surface area contributed by atoms with Gasteiger partial charge >= 0.3 is 5.69 Å². The van der Waals surface area contributed by atoms with Gasteiger partial charge in [0.05, 0.1) is 37.1 Å². The van der Waals surface area contributed by atoms with Gasteiger partial charge in [0.25, 0.3) is 5.69 Å². The Morgan fingerprint density at radius 3 is 2.04 bits per heavy atom. The third-order valence-corrected chi connectivity index (χ3v) is 3.35. The van der Waals surface area contributed by atoms with Gasteiger partial charge in [0.1, 0.15) is 12.2 Å². The van der Waals surface area contributed by atoms with Crippen LogP contribution in [0.1, 0.15) is 5.56 Å². The topological polar surface area (TPSA) is 98.3 Å². The molecule has 0 radical (unpaired) electrons. The van der Waals surface area contributed by atoms with Crippen molar-refractivity contribution in [2.75, 3.05) is 26.5 Å². The van der Waals surface area contributed by atoms with E-state index in [0.29, 0.717) is 11.8 Å². The van der Waals surface area contributed by atoms with Crippen molar-refractivity contribution < 1.29 is 18.7 Å². The van der Waals surface area contributed by atoms with Crippen LogP contribution in [0.2, 0.25) is 0 Å². The Morgan fingerprint density at radius 2 is 1.56 bits per heavy atom. The Hall–Kier alpha value is -3.07. The second-order valence-electron chi connectivity index (χ2n) is 6.61. The summed E-state index contributed by atoms with van der Waals surface area (Å²) in [6.07, 6.45) is 0. The van der Waals surface area contributed by atoms with Crippen molar-refractivity contribution in [1.82, 2.24) is 0 Å². The molecule has 9 heteroatoms. The van der Waals surface area contributed by atoms with Crippen LogP contribution in [0.4, 0.5) is 27.1 Å². The Morgan fingerprint density at radius 1 is 1.00 bits per heavy atom. The molecule has 0 aliphatic carbocycles. The molecule has 25 heavy (non-hydrogen) atoms. The second-order valence-corrected chi connectivity index (χ2v) is 6.61. The molecule has 0 bridgehead atoms. The fourth-order valence-electron chi connectivity index (χ4n) is 2.34. The third kappa shape index (κ3) is 4.70. The van der Waals surface area contributed by atoms with Crippen LogP contribution in [-0.2, 0) is 6.54 Å². The van der Waals surface area contributed by atoms with E-state index in [-0.39, 0.29) is 5.69 Å². The van der Waals surface area contributed by atoms with Crippen LogP contribution in [0.15, 0.2) is 36.4 Å². The van der Waals surface area contributed by atoms with Crippen LogP contribution in [-0.4, -0.2) is 35.5 Å². The number of nitro benzene ring substituents is 2. The maximum Gasteiger partial charge on any atom is 0.311 e. The quantitative estimate of drug-likeness (QED) is 0.488. The zero-order chi connectivity index (χ0) is 18.8. The highest BCUT2D eigenvalue weighted by molar-refractivity contribution is 5.72. The largest absolute Gasteiger partial charge is 0.350 e. The maximum atomic E-state index is 13.8. The zero-order valence-corrected chi connectivity index (χ0v) is 14.0. The number of halogens is 1. The van der Waals surface area contributed by atoms with Gasteiger partial charge in [-0.05, 0) is 12.1 Å². The molecule has 0 fully saturated rings. The lowest BCUT2D eigenvalue weighted by Gasteiger charge is -2.23. The summed E-state index contributed by atoms with van der Waals surface area (Å²) in [7, 11) is 6.15. The van der Waals surface area contributed by atoms with E-state index in [1.54, 1.807) is 12.1 Å². The smallest absolute Gasteiger partial charge is 0.311 e. The molecule has 0 unspecified atom stereocenters. The Bertz CT molecular complexity index is 816. The number of anilines is 2. The van der Waals surface area contributed by atoms with Crippen LogP contribution in [0.3, 0.4) is 0 Å².